The molecule has 0 atom stereocenters. The molecule has 1 aliphatic heterocycles. The van der Waals surface area contributed by atoms with E-state index in [-0.39, 0.29) is 0 Å². The van der Waals surface area contributed by atoms with Crippen LogP contribution < -0.4 is 15.0 Å². The van der Waals surface area contributed by atoms with Crippen LogP contribution in [0.4, 0.5) is 5.82 Å². The second-order valence-electron chi connectivity index (χ2n) is 7.18. The highest BCUT2D eigenvalue weighted by molar-refractivity contribution is 5.40. The van der Waals surface area contributed by atoms with Crippen LogP contribution in [0.2, 0.25) is 0 Å². The summed E-state index contributed by atoms with van der Waals surface area (Å²) in [4.78, 5) is 9.34. The third-order valence-electron chi connectivity index (χ3n) is 4.89. The normalized spacial score (nSPS) is 14.6. The zero-order valence-electron chi connectivity index (χ0n) is 16.6. The van der Waals surface area contributed by atoms with E-state index in [1.807, 2.05) is 24.4 Å². The summed E-state index contributed by atoms with van der Waals surface area (Å²) in [5, 5.41) is 12.0. The van der Waals surface area contributed by atoms with Gasteiger partial charge in [0.25, 0.3) is 0 Å². The highest BCUT2D eigenvalue weighted by Gasteiger charge is 2.14. The molecule has 1 aromatic carbocycles. The van der Waals surface area contributed by atoms with Gasteiger partial charge in [0, 0.05) is 51.9 Å². The standard InChI is InChI=1S/C22H29N5O/c1-26-10-12-27(13-11-26)22-8-7-20(18-25-22)17-24-16-19-5-4-6-21(15-19)28-14-3-2-9-23/h4-8,15,18,24H,2-3,10-14,16-17H2,1H3. The van der Waals surface area contributed by atoms with E-state index >= 15 is 0 Å². The SMILES string of the molecule is CN1CCN(c2ccc(CNCc3cccc(OCCCC#N)c3)cn2)CC1. The largest absolute Gasteiger partial charge is 0.494 e. The zero-order valence-corrected chi connectivity index (χ0v) is 16.6. The third-order valence-corrected chi connectivity index (χ3v) is 4.89. The first-order valence-electron chi connectivity index (χ1n) is 9.92. The molecular weight excluding hydrogens is 350 g/mol. The van der Waals surface area contributed by atoms with Crippen molar-refractivity contribution in [1.29, 1.82) is 5.26 Å². The van der Waals surface area contributed by atoms with Crippen LogP contribution in [0.25, 0.3) is 0 Å². The first-order chi connectivity index (χ1) is 13.7. The Kier molecular flexibility index (Phi) is 7.65. The van der Waals surface area contributed by atoms with Crippen molar-refractivity contribution in [3.63, 3.8) is 0 Å². The van der Waals surface area contributed by atoms with Crippen LogP contribution >= 0.6 is 0 Å². The van der Waals surface area contributed by atoms with Crippen molar-refractivity contribution in [2.45, 2.75) is 25.9 Å². The van der Waals surface area contributed by atoms with Gasteiger partial charge in [-0.25, -0.2) is 4.98 Å². The van der Waals surface area contributed by atoms with Crippen molar-refractivity contribution in [3.05, 3.63) is 53.7 Å². The molecule has 6 heteroatoms. The number of nitriles is 1. The van der Waals surface area contributed by atoms with Crippen molar-refractivity contribution < 1.29 is 4.74 Å². The van der Waals surface area contributed by atoms with E-state index in [9.17, 15) is 0 Å². The summed E-state index contributed by atoms with van der Waals surface area (Å²) in [6, 6.07) is 14.5. The van der Waals surface area contributed by atoms with Crippen molar-refractivity contribution in [1.82, 2.24) is 15.2 Å². The smallest absolute Gasteiger partial charge is 0.128 e. The maximum atomic E-state index is 8.57. The van der Waals surface area contributed by atoms with Crippen LogP contribution in [0.3, 0.4) is 0 Å². The van der Waals surface area contributed by atoms with Gasteiger partial charge in [-0.2, -0.15) is 5.26 Å². The molecule has 2 aromatic rings. The van der Waals surface area contributed by atoms with E-state index in [0.29, 0.717) is 13.0 Å². The first-order valence-corrected chi connectivity index (χ1v) is 9.92. The Morgan fingerprint density at radius 1 is 1.11 bits per heavy atom. The molecule has 148 valence electrons. The number of likely N-dealkylation sites (N-methyl/N-ethyl adjacent to an activating group) is 1. The van der Waals surface area contributed by atoms with E-state index in [1.165, 1.54) is 11.1 Å². The number of nitrogens with zero attached hydrogens (tertiary/aromatic N) is 4. The Labute approximate surface area is 167 Å². The number of pyridine rings is 1. The molecule has 28 heavy (non-hydrogen) atoms. The molecule has 0 saturated carbocycles. The second-order valence-corrected chi connectivity index (χ2v) is 7.18. The lowest BCUT2D eigenvalue weighted by Crippen LogP contribution is -2.44. The lowest BCUT2D eigenvalue weighted by atomic mass is 10.2. The van der Waals surface area contributed by atoms with Crippen LogP contribution in [0.5, 0.6) is 5.75 Å². The number of hydrogen-bond donors (Lipinski definition) is 1. The molecule has 0 radical (unpaired) electrons. The van der Waals surface area contributed by atoms with E-state index in [1.54, 1.807) is 0 Å². The fraction of sp³-hybridized carbons (Fsp3) is 0.455. The average Bonchev–Trinajstić information content (AvgIpc) is 2.73. The van der Waals surface area contributed by atoms with Gasteiger partial charge < -0.3 is 19.9 Å². The summed E-state index contributed by atoms with van der Waals surface area (Å²) in [7, 11) is 2.16. The molecule has 1 fully saturated rings. The predicted octanol–water partition coefficient (Wildman–Crippen LogP) is 2.81. The van der Waals surface area contributed by atoms with E-state index in [2.05, 4.69) is 51.4 Å². The number of rotatable bonds is 9. The molecule has 3 rings (SSSR count). The Balaban J connectivity index is 1.43. The highest BCUT2D eigenvalue weighted by Crippen LogP contribution is 2.15. The summed E-state index contributed by atoms with van der Waals surface area (Å²) in [5.41, 5.74) is 2.36. The molecule has 6 nitrogen and oxygen atoms in total. The topological polar surface area (TPSA) is 64.4 Å². The second kappa shape index (κ2) is 10.6. The van der Waals surface area contributed by atoms with Gasteiger partial charge in [0.15, 0.2) is 0 Å². The van der Waals surface area contributed by atoms with Gasteiger partial charge in [0.05, 0.1) is 12.7 Å². The number of nitrogens with one attached hydrogen (secondary N) is 1. The Bertz CT molecular complexity index is 763. The molecule has 1 saturated heterocycles. The van der Waals surface area contributed by atoms with Crippen molar-refractivity contribution in [2.24, 2.45) is 0 Å². The summed E-state index contributed by atoms with van der Waals surface area (Å²) in [5.74, 6) is 1.92. The lowest BCUT2D eigenvalue weighted by molar-refractivity contribution is 0.312. The van der Waals surface area contributed by atoms with E-state index < -0.39 is 0 Å². The van der Waals surface area contributed by atoms with Crippen LogP contribution in [0.1, 0.15) is 24.0 Å². The summed E-state index contributed by atoms with van der Waals surface area (Å²) in [6.45, 7) is 6.39. The van der Waals surface area contributed by atoms with Gasteiger partial charge in [-0.1, -0.05) is 18.2 Å². The molecule has 0 amide bonds. The molecule has 0 spiro atoms. The fourth-order valence-electron chi connectivity index (χ4n) is 3.18. The van der Waals surface area contributed by atoms with Crippen molar-refractivity contribution >= 4 is 5.82 Å². The van der Waals surface area contributed by atoms with Gasteiger partial charge in [0.1, 0.15) is 11.6 Å². The minimum Gasteiger partial charge on any atom is -0.494 e. The number of unbranched alkanes of at least 4 members (excludes halogenated alkanes) is 1. The van der Waals surface area contributed by atoms with Gasteiger partial charge in [-0.05, 0) is 42.8 Å². The van der Waals surface area contributed by atoms with Gasteiger partial charge in [0.2, 0.25) is 0 Å². The van der Waals surface area contributed by atoms with E-state index in [0.717, 1.165) is 57.3 Å². The first kappa shape index (κ1) is 20.1. The van der Waals surface area contributed by atoms with Gasteiger partial charge >= 0.3 is 0 Å². The third kappa shape index (κ3) is 6.22. The predicted molar refractivity (Wildman–Crippen MR) is 111 cm³/mol. The van der Waals surface area contributed by atoms with Gasteiger partial charge in [-0.3, -0.25) is 0 Å². The fourth-order valence-corrected chi connectivity index (χ4v) is 3.18. The van der Waals surface area contributed by atoms with Crippen LogP contribution in [-0.4, -0.2) is 49.7 Å². The average molecular weight is 380 g/mol. The Hall–Kier alpha value is -2.62. The van der Waals surface area contributed by atoms with Crippen molar-refractivity contribution in [3.8, 4) is 11.8 Å². The Morgan fingerprint density at radius 3 is 2.68 bits per heavy atom. The molecule has 0 unspecified atom stereocenters. The maximum absolute atomic E-state index is 8.57. The molecule has 1 aliphatic rings. The van der Waals surface area contributed by atoms with Crippen LogP contribution in [0, 0.1) is 11.3 Å². The summed E-state index contributed by atoms with van der Waals surface area (Å²) < 4.78 is 5.69. The number of aromatic nitrogens is 1. The molecule has 0 bridgehead atoms. The number of benzene rings is 1. The quantitative estimate of drug-likeness (QED) is 0.676. The minimum absolute atomic E-state index is 0.531. The van der Waals surface area contributed by atoms with E-state index in [4.69, 9.17) is 10.00 Å². The summed E-state index contributed by atoms with van der Waals surface area (Å²) in [6.07, 6.45) is 3.26. The molecule has 1 aromatic heterocycles. The monoisotopic (exact) mass is 379 g/mol. The van der Waals surface area contributed by atoms with Crippen LogP contribution in [-0.2, 0) is 13.1 Å². The zero-order chi connectivity index (χ0) is 19.6. The van der Waals surface area contributed by atoms with Gasteiger partial charge in [-0.15, -0.1) is 0 Å². The number of hydrogen-bond acceptors (Lipinski definition) is 6. The van der Waals surface area contributed by atoms with Crippen molar-refractivity contribution in [2.75, 3.05) is 44.7 Å². The molecule has 2 heterocycles. The molecule has 1 N–H and O–H groups in total. The Morgan fingerprint density at radius 2 is 1.93 bits per heavy atom. The summed E-state index contributed by atoms with van der Waals surface area (Å²) >= 11 is 0. The molecular formula is C22H29N5O. The highest BCUT2D eigenvalue weighted by atomic mass is 16.5. The van der Waals surface area contributed by atoms with Crippen LogP contribution in [0.15, 0.2) is 42.6 Å². The minimum atomic E-state index is 0.531. The number of anilines is 1. The maximum Gasteiger partial charge on any atom is 0.128 e. The number of piperazine rings is 1. The number of ether oxygens (including phenoxy) is 1. The molecule has 0 aliphatic carbocycles. The lowest BCUT2D eigenvalue weighted by Gasteiger charge is -2.33.